The third kappa shape index (κ3) is 3.64. The number of nitrogens with one attached hydrogen (secondary N) is 1. The molecule has 0 aliphatic carbocycles. The summed E-state index contributed by atoms with van der Waals surface area (Å²) in [5.74, 6) is -0.0231. The molecule has 6 nitrogen and oxygen atoms in total. The van der Waals surface area contributed by atoms with E-state index < -0.39 is 0 Å². The zero-order valence-electron chi connectivity index (χ0n) is 11.4. The largest absolute Gasteiger partial charge is 0.396 e. The Bertz CT molecular complexity index is 553. The third-order valence-electron chi connectivity index (χ3n) is 2.98. The molecule has 0 aliphatic rings. The van der Waals surface area contributed by atoms with Crippen LogP contribution < -0.4 is 5.32 Å². The lowest BCUT2D eigenvalue weighted by molar-refractivity contribution is 0.0940. The van der Waals surface area contributed by atoms with E-state index in [1.54, 1.807) is 10.9 Å². The van der Waals surface area contributed by atoms with E-state index in [1.807, 2.05) is 37.3 Å². The molecule has 0 fully saturated rings. The van der Waals surface area contributed by atoms with Crippen LogP contribution in [-0.4, -0.2) is 39.2 Å². The summed E-state index contributed by atoms with van der Waals surface area (Å²) in [5, 5.41) is 19.4. The predicted molar refractivity (Wildman–Crippen MR) is 74.6 cm³/mol. The molecule has 2 N–H and O–H groups in total. The van der Waals surface area contributed by atoms with Crippen molar-refractivity contribution in [2.75, 3.05) is 13.2 Å². The molecule has 1 aromatic carbocycles. The highest BCUT2D eigenvalue weighted by atomic mass is 16.3. The first-order valence-corrected chi connectivity index (χ1v) is 6.57. The van der Waals surface area contributed by atoms with Crippen molar-refractivity contribution in [3.63, 3.8) is 0 Å². The Hall–Kier alpha value is -2.21. The molecule has 1 heterocycles. The van der Waals surface area contributed by atoms with Crippen LogP contribution in [0.25, 0.3) is 5.69 Å². The van der Waals surface area contributed by atoms with Gasteiger partial charge in [0.2, 0.25) is 0 Å². The van der Waals surface area contributed by atoms with E-state index in [9.17, 15) is 4.79 Å². The number of aliphatic hydroxyl groups is 1. The van der Waals surface area contributed by atoms with Gasteiger partial charge in [-0.3, -0.25) is 4.79 Å². The van der Waals surface area contributed by atoms with E-state index >= 15 is 0 Å². The number of aliphatic hydroxyl groups excluding tert-OH is 1. The molecule has 20 heavy (non-hydrogen) atoms. The Balaban J connectivity index is 1.97. The van der Waals surface area contributed by atoms with Gasteiger partial charge in [0, 0.05) is 13.2 Å². The van der Waals surface area contributed by atoms with Crippen molar-refractivity contribution in [1.82, 2.24) is 20.3 Å². The van der Waals surface area contributed by atoms with Crippen LogP contribution in [0.5, 0.6) is 0 Å². The van der Waals surface area contributed by atoms with Crippen molar-refractivity contribution < 1.29 is 9.90 Å². The van der Waals surface area contributed by atoms with Crippen LogP contribution in [0.4, 0.5) is 0 Å². The lowest BCUT2D eigenvalue weighted by atomic mass is 10.1. The second kappa shape index (κ2) is 6.81. The normalized spacial score (nSPS) is 12.1. The van der Waals surface area contributed by atoms with Crippen LogP contribution in [0, 0.1) is 5.92 Å². The van der Waals surface area contributed by atoms with E-state index in [1.165, 1.54) is 0 Å². The number of aromatic nitrogens is 3. The molecule has 0 radical (unpaired) electrons. The number of carbonyl (C=O) groups is 1. The average molecular weight is 274 g/mol. The summed E-state index contributed by atoms with van der Waals surface area (Å²) >= 11 is 0. The first-order valence-electron chi connectivity index (χ1n) is 6.57. The zero-order chi connectivity index (χ0) is 14.4. The minimum absolute atomic E-state index is 0.126. The van der Waals surface area contributed by atoms with E-state index in [0.717, 1.165) is 5.69 Å². The molecule has 1 amide bonds. The molecule has 0 bridgehead atoms. The van der Waals surface area contributed by atoms with Gasteiger partial charge in [-0.25, -0.2) is 4.68 Å². The fraction of sp³-hybridized carbons (Fsp3) is 0.357. The topological polar surface area (TPSA) is 80.0 Å². The number of benzene rings is 1. The molecule has 0 saturated carbocycles. The Morgan fingerprint density at radius 2 is 2.15 bits per heavy atom. The molecule has 0 saturated heterocycles. The second-order valence-electron chi connectivity index (χ2n) is 4.71. The Labute approximate surface area is 117 Å². The minimum Gasteiger partial charge on any atom is -0.396 e. The first-order chi connectivity index (χ1) is 9.70. The number of hydrogen-bond acceptors (Lipinski definition) is 4. The van der Waals surface area contributed by atoms with Gasteiger partial charge < -0.3 is 10.4 Å². The van der Waals surface area contributed by atoms with Gasteiger partial charge in [0.1, 0.15) is 0 Å². The molecular formula is C14H18N4O2. The number of carbonyl (C=O) groups excluding carboxylic acids is 1. The number of nitrogens with zero attached hydrogens (tertiary/aromatic N) is 3. The fourth-order valence-electron chi connectivity index (χ4n) is 1.75. The van der Waals surface area contributed by atoms with Crippen molar-refractivity contribution in [3.05, 3.63) is 42.2 Å². The summed E-state index contributed by atoms with van der Waals surface area (Å²) in [6.07, 6.45) is 2.26. The maximum atomic E-state index is 11.9. The van der Waals surface area contributed by atoms with E-state index in [-0.39, 0.29) is 24.1 Å². The van der Waals surface area contributed by atoms with Crippen LogP contribution in [0.15, 0.2) is 36.5 Å². The zero-order valence-corrected chi connectivity index (χ0v) is 11.4. The SMILES string of the molecule is CC(CCO)CNC(=O)c1cn(-c2ccccc2)nn1. The molecule has 2 aromatic rings. The van der Waals surface area contributed by atoms with Gasteiger partial charge in [0.25, 0.3) is 5.91 Å². The summed E-state index contributed by atoms with van der Waals surface area (Å²) in [5.41, 5.74) is 1.14. The molecular weight excluding hydrogens is 256 g/mol. The van der Waals surface area contributed by atoms with Gasteiger partial charge in [0.05, 0.1) is 11.9 Å². The van der Waals surface area contributed by atoms with E-state index in [4.69, 9.17) is 5.11 Å². The van der Waals surface area contributed by atoms with Gasteiger partial charge in [-0.05, 0) is 24.5 Å². The minimum atomic E-state index is -0.253. The summed E-state index contributed by atoms with van der Waals surface area (Å²) in [6, 6.07) is 9.48. The predicted octanol–water partition coefficient (Wildman–Crippen LogP) is 1.02. The number of hydrogen-bond donors (Lipinski definition) is 2. The smallest absolute Gasteiger partial charge is 0.273 e. The molecule has 1 unspecified atom stereocenters. The molecule has 0 spiro atoms. The lowest BCUT2D eigenvalue weighted by Gasteiger charge is -2.09. The van der Waals surface area contributed by atoms with Gasteiger partial charge in [-0.15, -0.1) is 5.10 Å². The quantitative estimate of drug-likeness (QED) is 0.824. The standard InChI is InChI=1S/C14H18N4O2/c1-11(7-8-19)9-15-14(20)13-10-18(17-16-13)12-5-3-2-4-6-12/h2-6,10-11,19H,7-9H2,1H3,(H,15,20). The maximum absolute atomic E-state index is 11.9. The number of para-hydroxylation sites is 1. The van der Waals surface area contributed by atoms with Crippen molar-refractivity contribution in [1.29, 1.82) is 0 Å². The number of amides is 1. The Kier molecular flexibility index (Phi) is 4.84. The van der Waals surface area contributed by atoms with Gasteiger partial charge in [-0.1, -0.05) is 30.3 Å². The molecule has 106 valence electrons. The average Bonchev–Trinajstić information content (AvgIpc) is 2.96. The Morgan fingerprint density at radius 1 is 1.40 bits per heavy atom. The van der Waals surface area contributed by atoms with Crippen LogP contribution in [-0.2, 0) is 0 Å². The monoisotopic (exact) mass is 274 g/mol. The second-order valence-corrected chi connectivity index (χ2v) is 4.71. The molecule has 6 heteroatoms. The summed E-state index contributed by atoms with van der Waals surface area (Å²) in [4.78, 5) is 11.9. The summed E-state index contributed by atoms with van der Waals surface area (Å²) in [6.45, 7) is 2.61. The van der Waals surface area contributed by atoms with Crippen LogP contribution in [0.3, 0.4) is 0 Å². The van der Waals surface area contributed by atoms with Gasteiger partial charge in [0.15, 0.2) is 5.69 Å². The van der Waals surface area contributed by atoms with Crippen molar-refractivity contribution in [2.24, 2.45) is 5.92 Å². The summed E-state index contributed by atoms with van der Waals surface area (Å²) in [7, 11) is 0. The van der Waals surface area contributed by atoms with Crippen molar-refractivity contribution >= 4 is 5.91 Å². The highest BCUT2D eigenvalue weighted by Gasteiger charge is 2.12. The fourth-order valence-corrected chi connectivity index (χ4v) is 1.75. The molecule has 2 rings (SSSR count). The first kappa shape index (κ1) is 14.2. The molecule has 1 atom stereocenters. The van der Waals surface area contributed by atoms with E-state index in [0.29, 0.717) is 13.0 Å². The van der Waals surface area contributed by atoms with Crippen LogP contribution >= 0.6 is 0 Å². The number of rotatable bonds is 6. The van der Waals surface area contributed by atoms with Gasteiger partial charge >= 0.3 is 0 Å². The van der Waals surface area contributed by atoms with Crippen LogP contribution in [0.2, 0.25) is 0 Å². The van der Waals surface area contributed by atoms with Crippen LogP contribution in [0.1, 0.15) is 23.8 Å². The molecule has 1 aromatic heterocycles. The van der Waals surface area contributed by atoms with Crippen molar-refractivity contribution in [3.8, 4) is 5.69 Å². The highest BCUT2D eigenvalue weighted by molar-refractivity contribution is 5.91. The lowest BCUT2D eigenvalue weighted by Crippen LogP contribution is -2.28. The highest BCUT2D eigenvalue weighted by Crippen LogP contribution is 2.06. The van der Waals surface area contributed by atoms with Gasteiger partial charge in [-0.2, -0.15) is 0 Å². The summed E-state index contributed by atoms with van der Waals surface area (Å²) < 4.78 is 1.56. The molecule has 0 aliphatic heterocycles. The maximum Gasteiger partial charge on any atom is 0.273 e. The van der Waals surface area contributed by atoms with E-state index in [2.05, 4.69) is 15.6 Å². The third-order valence-corrected chi connectivity index (χ3v) is 2.98. The Morgan fingerprint density at radius 3 is 2.85 bits per heavy atom. The van der Waals surface area contributed by atoms with Crippen molar-refractivity contribution in [2.45, 2.75) is 13.3 Å².